The molecule has 0 aromatic rings. The van der Waals surface area contributed by atoms with Crippen LogP contribution < -0.4 is 0 Å². The predicted octanol–water partition coefficient (Wildman–Crippen LogP) is 3.46. The molecular weight excluding hydrogens is 146 g/mol. The van der Waals surface area contributed by atoms with Crippen molar-refractivity contribution >= 4 is 6.21 Å². The van der Waals surface area contributed by atoms with Crippen LogP contribution in [0, 0.1) is 5.92 Å². The summed E-state index contributed by atoms with van der Waals surface area (Å²) in [6, 6.07) is 0. The third kappa shape index (κ3) is 7.52. The standard InChI is InChI=1S/C11H21N/c1-4-6-7-8-11(3)9-10-12-5-2/h5,7-8,11H,4,6,9-10H2,1-3H3/b8-7+,12-5?. The molecule has 0 aliphatic carbocycles. The topological polar surface area (TPSA) is 12.4 Å². The number of nitrogens with zero attached hydrogens (tertiary/aromatic N) is 1. The number of hydrogen-bond acceptors (Lipinski definition) is 1. The van der Waals surface area contributed by atoms with Crippen molar-refractivity contribution in [1.82, 2.24) is 0 Å². The van der Waals surface area contributed by atoms with Crippen molar-refractivity contribution < 1.29 is 0 Å². The molecule has 0 radical (unpaired) electrons. The summed E-state index contributed by atoms with van der Waals surface area (Å²) in [4.78, 5) is 4.18. The third-order valence-corrected chi connectivity index (χ3v) is 1.82. The molecule has 1 unspecified atom stereocenters. The van der Waals surface area contributed by atoms with E-state index in [-0.39, 0.29) is 0 Å². The Labute approximate surface area is 76.6 Å². The van der Waals surface area contributed by atoms with E-state index in [4.69, 9.17) is 0 Å². The van der Waals surface area contributed by atoms with Crippen molar-refractivity contribution in [3.8, 4) is 0 Å². The van der Waals surface area contributed by atoms with E-state index in [1.165, 1.54) is 19.3 Å². The van der Waals surface area contributed by atoms with Crippen LogP contribution in [0.25, 0.3) is 0 Å². The minimum atomic E-state index is 0.681. The lowest BCUT2D eigenvalue weighted by Gasteiger charge is -2.01. The molecule has 0 amide bonds. The van der Waals surface area contributed by atoms with Crippen LogP contribution in [-0.2, 0) is 0 Å². The van der Waals surface area contributed by atoms with Crippen LogP contribution in [-0.4, -0.2) is 12.8 Å². The Morgan fingerprint density at radius 1 is 1.42 bits per heavy atom. The van der Waals surface area contributed by atoms with E-state index in [0.717, 1.165) is 6.54 Å². The number of rotatable bonds is 6. The number of unbranched alkanes of at least 4 members (excludes halogenated alkanes) is 1. The molecule has 0 aliphatic rings. The molecule has 0 saturated heterocycles. The van der Waals surface area contributed by atoms with Gasteiger partial charge in [0.15, 0.2) is 0 Å². The van der Waals surface area contributed by atoms with Gasteiger partial charge in [0.1, 0.15) is 0 Å². The summed E-state index contributed by atoms with van der Waals surface area (Å²) in [7, 11) is 0. The van der Waals surface area contributed by atoms with E-state index in [0.29, 0.717) is 5.92 Å². The van der Waals surface area contributed by atoms with Gasteiger partial charge < -0.3 is 0 Å². The predicted molar refractivity (Wildman–Crippen MR) is 56.9 cm³/mol. The van der Waals surface area contributed by atoms with E-state index in [2.05, 4.69) is 31.0 Å². The maximum atomic E-state index is 4.18. The normalized spacial score (nSPS) is 14.6. The summed E-state index contributed by atoms with van der Waals surface area (Å²) in [5.41, 5.74) is 0. The van der Waals surface area contributed by atoms with Gasteiger partial charge in [-0.2, -0.15) is 0 Å². The first-order valence-corrected chi connectivity index (χ1v) is 4.92. The van der Waals surface area contributed by atoms with Crippen molar-refractivity contribution in [1.29, 1.82) is 0 Å². The lowest BCUT2D eigenvalue weighted by Crippen LogP contribution is -1.92. The first-order valence-electron chi connectivity index (χ1n) is 4.92. The Morgan fingerprint density at radius 3 is 2.75 bits per heavy atom. The van der Waals surface area contributed by atoms with Crippen molar-refractivity contribution in [2.45, 2.75) is 40.0 Å². The third-order valence-electron chi connectivity index (χ3n) is 1.82. The molecule has 0 aromatic carbocycles. The summed E-state index contributed by atoms with van der Waals surface area (Å²) in [6.07, 6.45) is 10.1. The van der Waals surface area contributed by atoms with Gasteiger partial charge in [-0.1, -0.05) is 32.4 Å². The molecule has 0 saturated carbocycles. The molecule has 0 bridgehead atoms. The zero-order valence-corrected chi connectivity index (χ0v) is 8.59. The van der Waals surface area contributed by atoms with Crippen LogP contribution in [0.2, 0.25) is 0 Å². The van der Waals surface area contributed by atoms with Crippen LogP contribution in [0.1, 0.15) is 40.0 Å². The second-order valence-corrected chi connectivity index (χ2v) is 3.15. The zero-order valence-electron chi connectivity index (χ0n) is 8.59. The fourth-order valence-electron chi connectivity index (χ4n) is 0.999. The highest BCUT2D eigenvalue weighted by molar-refractivity contribution is 5.53. The molecule has 0 spiro atoms. The van der Waals surface area contributed by atoms with E-state index < -0.39 is 0 Å². The molecule has 12 heavy (non-hydrogen) atoms. The van der Waals surface area contributed by atoms with Gasteiger partial charge in [0.25, 0.3) is 0 Å². The van der Waals surface area contributed by atoms with Gasteiger partial charge in [0, 0.05) is 6.54 Å². The molecule has 0 heterocycles. The van der Waals surface area contributed by atoms with Gasteiger partial charge in [-0.15, -0.1) is 0 Å². The van der Waals surface area contributed by atoms with Crippen LogP contribution in [0.3, 0.4) is 0 Å². The highest BCUT2D eigenvalue weighted by Gasteiger charge is 1.93. The van der Waals surface area contributed by atoms with Crippen molar-refractivity contribution in [3.05, 3.63) is 12.2 Å². The minimum Gasteiger partial charge on any atom is -0.298 e. The molecular formula is C11H21N. The highest BCUT2D eigenvalue weighted by Crippen LogP contribution is 2.04. The van der Waals surface area contributed by atoms with Crippen molar-refractivity contribution in [3.63, 3.8) is 0 Å². The van der Waals surface area contributed by atoms with Crippen LogP contribution in [0.15, 0.2) is 17.1 Å². The Hall–Kier alpha value is -0.590. The smallest absolute Gasteiger partial charge is 0.0390 e. The summed E-state index contributed by atoms with van der Waals surface area (Å²) in [6.45, 7) is 7.39. The first-order chi connectivity index (χ1) is 5.81. The van der Waals surface area contributed by atoms with E-state index in [1.54, 1.807) is 0 Å². The van der Waals surface area contributed by atoms with Crippen molar-refractivity contribution in [2.24, 2.45) is 10.9 Å². The monoisotopic (exact) mass is 167 g/mol. The van der Waals surface area contributed by atoms with E-state index in [1.807, 2.05) is 13.1 Å². The van der Waals surface area contributed by atoms with Crippen molar-refractivity contribution in [2.75, 3.05) is 6.54 Å². The minimum absolute atomic E-state index is 0.681. The average Bonchev–Trinajstić information content (AvgIpc) is 2.06. The second-order valence-electron chi connectivity index (χ2n) is 3.15. The largest absolute Gasteiger partial charge is 0.298 e. The fraction of sp³-hybridized carbons (Fsp3) is 0.727. The molecule has 0 fully saturated rings. The Morgan fingerprint density at radius 2 is 2.17 bits per heavy atom. The Bertz CT molecular complexity index is 136. The second kappa shape index (κ2) is 8.51. The number of hydrogen-bond donors (Lipinski definition) is 0. The molecule has 0 N–H and O–H groups in total. The molecule has 0 rings (SSSR count). The lowest BCUT2D eigenvalue weighted by atomic mass is 10.1. The van der Waals surface area contributed by atoms with Gasteiger partial charge in [-0.25, -0.2) is 0 Å². The van der Waals surface area contributed by atoms with E-state index >= 15 is 0 Å². The lowest BCUT2D eigenvalue weighted by molar-refractivity contribution is 0.657. The summed E-state index contributed by atoms with van der Waals surface area (Å²) in [5, 5.41) is 0. The van der Waals surface area contributed by atoms with Gasteiger partial charge in [-0.05, 0) is 31.9 Å². The number of allylic oxidation sites excluding steroid dienone is 2. The maximum absolute atomic E-state index is 4.18. The molecule has 0 aromatic heterocycles. The molecule has 70 valence electrons. The fourth-order valence-corrected chi connectivity index (χ4v) is 0.999. The maximum Gasteiger partial charge on any atom is 0.0390 e. The zero-order chi connectivity index (χ0) is 9.23. The first kappa shape index (κ1) is 11.4. The van der Waals surface area contributed by atoms with Crippen LogP contribution in [0.4, 0.5) is 0 Å². The quantitative estimate of drug-likeness (QED) is 0.424. The van der Waals surface area contributed by atoms with Gasteiger partial charge in [0.2, 0.25) is 0 Å². The molecule has 1 atom stereocenters. The molecule has 0 aliphatic heterocycles. The summed E-state index contributed by atoms with van der Waals surface area (Å²) in [5.74, 6) is 0.681. The molecule has 1 heteroatoms. The highest BCUT2D eigenvalue weighted by atomic mass is 14.7. The van der Waals surface area contributed by atoms with Crippen LogP contribution in [0.5, 0.6) is 0 Å². The average molecular weight is 167 g/mol. The molecule has 1 nitrogen and oxygen atoms in total. The Balaban J connectivity index is 3.38. The summed E-state index contributed by atoms with van der Waals surface area (Å²) < 4.78 is 0. The number of aliphatic imine (C=N–C) groups is 1. The van der Waals surface area contributed by atoms with E-state index in [9.17, 15) is 0 Å². The summed E-state index contributed by atoms with van der Waals surface area (Å²) >= 11 is 0. The van der Waals surface area contributed by atoms with Gasteiger partial charge in [0.05, 0.1) is 0 Å². The van der Waals surface area contributed by atoms with Gasteiger partial charge in [-0.3, -0.25) is 4.99 Å². The Kier molecular flexibility index (Phi) is 8.09. The van der Waals surface area contributed by atoms with Crippen LogP contribution >= 0.6 is 0 Å². The van der Waals surface area contributed by atoms with Gasteiger partial charge >= 0.3 is 0 Å². The SMILES string of the molecule is CC=NCCC(C)/C=C/CCC.